The van der Waals surface area contributed by atoms with Crippen molar-refractivity contribution in [3.05, 3.63) is 69.0 Å². The number of benzene rings is 2. The molecule has 0 bridgehead atoms. The van der Waals surface area contributed by atoms with E-state index in [9.17, 15) is 14.9 Å². The Bertz CT molecular complexity index is 1070. The fourth-order valence-electron chi connectivity index (χ4n) is 2.92. The summed E-state index contributed by atoms with van der Waals surface area (Å²) in [6, 6.07) is 10.1. The minimum absolute atomic E-state index is 0.0117. The van der Waals surface area contributed by atoms with Crippen LogP contribution in [0.4, 0.5) is 5.69 Å². The highest BCUT2D eigenvalue weighted by Gasteiger charge is 2.11. The summed E-state index contributed by atoms with van der Waals surface area (Å²) in [6.45, 7) is 6.44. The van der Waals surface area contributed by atoms with Crippen LogP contribution in [-0.2, 0) is 6.54 Å². The maximum atomic E-state index is 12.3. The van der Waals surface area contributed by atoms with E-state index in [1.165, 1.54) is 12.3 Å². The number of nitrogens with zero attached hydrogens (tertiary/aromatic N) is 4. The van der Waals surface area contributed by atoms with Gasteiger partial charge in [0.1, 0.15) is 5.82 Å². The van der Waals surface area contributed by atoms with E-state index in [1.807, 2.05) is 19.9 Å². The van der Waals surface area contributed by atoms with Crippen molar-refractivity contribution in [3.63, 3.8) is 0 Å². The Balaban J connectivity index is 1.76. The van der Waals surface area contributed by atoms with Crippen molar-refractivity contribution >= 4 is 28.8 Å². The molecule has 2 aromatic carbocycles. The van der Waals surface area contributed by atoms with Gasteiger partial charge >= 0.3 is 0 Å². The van der Waals surface area contributed by atoms with Gasteiger partial charge in [-0.25, -0.2) is 10.4 Å². The van der Waals surface area contributed by atoms with Crippen molar-refractivity contribution in [1.29, 1.82) is 0 Å². The third-order valence-electron chi connectivity index (χ3n) is 4.33. The number of nitro benzene ring substituents is 1. The Labute approximate surface area is 155 Å². The van der Waals surface area contributed by atoms with Gasteiger partial charge in [-0.2, -0.15) is 5.10 Å². The summed E-state index contributed by atoms with van der Waals surface area (Å²) >= 11 is 0. The van der Waals surface area contributed by atoms with Crippen molar-refractivity contribution < 1.29 is 9.72 Å². The van der Waals surface area contributed by atoms with Crippen LogP contribution in [0.5, 0.6) is 0 Å². The molecule has 3 aromatic rings. The second kappa shape index (κ2) is 7.36. The Morgan fingerprint density at radius 2 is 2.07 bits per heavy atom. The first-order valence-electron chi connectivity index (χ1n) is 8.46. The van der Waals surface area contributed by atoms with Crippen LogP contribution in [0.25, 0.3) is 11.0 Å². The number of imidazole rings is 1. The van der Waals surface area contributed by atoms with Gasteiger partial charge in [-0.1, -0.05) is 12.1 Å². The summed E-state index contributed by atoms with van der Waals surface area (Å²) in [5.41, 5.74) is 5.71. The largest absolute Gasteiger partial charge is 0.329 e. The Morgan fingerprint density at radius 3 is 2.78 bits per heavy atom. The highest BCUT2D eigenvalue weighted by Crippen LogP contribution is 2.19. The fourth-order valence-corrected chi connectivity index (χ4v) is 2.92. The van der Waals surface area contributed by atoms with Crippen molar-refractivity contribution in [2.45, 2.75) is 27.3 Å². The fraction of sp³-hybridized carbons (Fsp3) is 0.211. The van der Waals surface area contributed by atoms with Gasteiger partial charge in [0.25, 0.3) is 11.6 Å². The van der Waals surface area contributed by atoms with Gasteiger partial charge in [0, 0.05) is 29.3 Å². The van der Waals surface area contributed by atoms with Crippen molar-refractivity contribution in [2.75, 3.05) is 0 Å². The molecule has 0 aliphatic carbocycles. The average molecular weight is 365 g/mol. The monoisotopic (exact) mass is 365 g/mol. The summed E-state index contributed by atoms with van der Waals surface area (Å²) in [7, 11) is 0. The normalized spacial score (nSPS) is 11.2. The zero-order valence-corrected chi connectivity index (χ0v) is 15.3. The molecule has 0 saturated heterocycles. The van der Waals surface area contributed by atoms with Crippen LogP contribution in [-0.4, -0.2) is 26.6 Å². The summed E-state index contributed by atoms with van der Waals surface area (Å²) in [4.78, 5) is 27.3. The van der Waals surface area contributed by atoms with Crippen LogP contribution in [0.1, 0.15) is 34.2 Å². The smallest absolute Gasteiger partial charge is 0.272 e. The van der Waals surface area contributed by atoms with Gasteiger partial charge in [0.15, 0.2) is 0 Å². The van der Waals surface area contributed by atoms with E-state index in [4.69, 9.17) is 0 Å². The van der Waals surface area contributed by atoms with Gasteiger partial charge in [-0.05, 0) is 39.0 Å². The maximum absolute atomic E-state index is 12.3. The maximum Gasteiger partial charge on any atom is 0.272 e. The van der Waals surface area contributed by atoms with Crippen LogP contribution in [0.3, 0.4) is 0 Å². The number of rotatable bonds is 5. The average Bonchev–Trinajstić information content (AvgIpc) is 2.96. The van der Waals surface area contributed by atoms with E-state index in [2.05, 4.69) is 20.1 Å². The summed E-state index contributed by atoms with van der Waals surface area (Å²) < 4.78 is 2.07. The number of aryl methyl sites for hydroxylation is 3. The molecular weight excluding hydrogens is 346 g/mol. The van der Waals surface area contributed by atoms with Gasteiger partial charge in [-0.15, -0.1) is 0 Å². The van der Waals surface area contributed by atoms with E-state index in [-0.39, 0.29) is 11.6 Å². The number of hydrazone groups is 1. The molecule has 0 aliphatic heterocycles. The standard InChI is InChI=1S/C19H19N5O3/c1-4-23-13(3)21-16-10-15(7-8-17(16)23)19(25)22-20-11-14-6-5-12(2)18(9-14)24(26)27/h5-11H,4H2,1-3H3,(H,22,25)/b20-11-. The highest BCUT2D eigenvalue weighted by atomic mass is 16.6. The minimum atomic E-state index is -0.447. The van der Waals surface area contributed by atoms with E-state index in [1.54, 1.807) is 31.2 Å². The van der Waals surface area contributed by atoms with E-state index < -0.39 is 4.92 Å². The van der Waals surface area contributed by atoms with Gasteiger partial charge in [-0.3, -0.25) is 14.9 Å². The predicted molar refractivity (Wildman–Crippen MR) is 103 cm³/mol. The zero-order valence-electron chi connectivity index (χ0n) is 15.3. The van der Waals surface area contributed by atoms with Crippen LogP contribution in [0.15, 0.2) is 41.5 Å². The highest BCUT2D eigenvalue weighted by molar-refractivity contribution is 5.98. The predicted octanol–water partition coefficient (Wildman–Crippen LogP) is 3.35. The van der Waals surface area contributed by atoms with Gasteiger partial charge < -0.3 is 4.57 Å². The number of nitro groups is 1. The molecule has 1 amide bonds. The third-order valence-corrected chi connectivity index (χ3v) is 4.33. The lowest BCUT2D eigenvalue weighted by molar-refractivity contribution is -0.385. The SMILES string of the molecule is CCn1c(C)nc2cc(C(=O)N/N=C\c3ccc(C)c([N+](=O)[O-])c3)ccc21. The third kappa shape index (κ3) is 3.69. The van der Waals surface area contributed by atoms with Crippen LogP contribution >= 0.6 is 0 Å². The zero-order chi connectivity index (χ0) is 19.6. The molecule has 8 heteroatoms. The molecule has 0 atom stereocenters. The van der Waals surface area contributed by atoms with Crippen molar-refractivity contribution in [1.82, 2.24) is 15.0 Å². The number of fused-ring (bicyclic) bond motifs is 1. The number of hydrogen-bond donors (Lipinski definition) is 1. The quantitative estimate of drug-likeness (QED) is 0.425. The molecule has 1 aromatic heterocycles. The molecule has 27 heavy (non-hydrogen) atoms. The number of carbonyl (C=O) groups is 1. The molecule has 0 fully saturated rings. The first-order chi connectivity index (χ1) is 12.9. The molecule has 1 N–H and O–H groups in total. The second-order valence-corrected chi connectivity index (χ2v) is 6.11. The number of aromatic nitrogens is 2. The van der Waals surface area contributed by atoms with E-state index in [0.29, 0.717) is 16.7 Å². The first-order valence-corrected chi connectivity index (χ1v) is 8.46. The number of hydrogen-bond acceptors (Lipinski definition) is 5. The number of nitrogens with one attached hydrogen (secondary N) is 1. The second-order valence-electron chi connectivity index (χ2n) is 6.11. The molecule has 1 heterocycles. The molecule has 0 aliphatic rings. The number of amides is 1. The molecule has 0 unspecified atom stereocenters. The molecule has 3 rings (SSSR count). The van der Waals surface area contributed by atoms with Crippen LogP contribution < -0.4 is 5.43 Å². The molecule has 8 nitrogen and oxygen atoms in total. The van der Waals surface area contributed by atoms with Gasteiger partial charge in [0.05, 0.1) is 22.2 Å². The summed E-state index contributed by atoms with van der Waals surface area (Å²) in [5, 5.41) is 14.9. The van der Waals surface area contributed by atoms with Crippen molar-refractivity contribution in [3.8, 4) is 0 Å². The Morgan fingerprint density at radius 1 is 1.30 bits per heavy atom. The Kier molecular flexibility index (Phi) is 4.98. The Hall–Kier alpha value is -3.55. The van der Waals surface area contributed by atoms with E-state index >= 15 is 0 Å². The lowest BCUT2D eigenvalue weighted by Crippen LogP contribution is -2.17. The van der Waals surface area contributed by atoms with E-state index in [0.717, 1.165) is 23.4 Å². The first kappa shape index (κ1) is 18.2. The summed E-state index contributed by atoms with van der Waals surface area (Å²) in [5.74, 6) is 0.516. The number of carbonyl (C=O) groups excluding carboxylic acids is 1. The van der Waals surface area contributed by atoms with Crippen LogP contribution in [0, 0.1) is 24.0 Å². The summed E-state index contributed by atoms with van der Waals surface area (Å²) in [6.07, 6.45) is 1.37. The van der Waals surface area contributed by atoms with Gasteiger partial charge in [0.2, 0.25) is 0 Å². The molecular formula is C19H19N5O3. The minimum Gasteiger partial charge on any atom is -0.329 e. The van der Waals surface area contributed by atoms with Crippen LogP contribution in [0.2, 0.25) is 0 Å². The molecule has 0 radical (unpaired) electrons. The topological polar surface area (TPSA) is 102 Å². The molecule has 0 spiro atoms. The molecule has 138 valence electrons. The lowest BCUT2D eigenvalue weighted by atomic mass is 10.1. The molecule has 0 saturated carbocycles. The van der Waals surface area contributed by atoms with Crippen molar-refractivity contribution in [2.24, 2.45) is 5.10 Å². The lowest BCUT2D eigenvalue weighted by Gasteiger charge is -2.03.